The summed E-state index contributed by atoms with van der Waals surface area (Å²) in [6, 6.07) is 4.30. The van der Waals surface area contributed by atoms with Crippen LogP contribution in [0.2, 0.25) is 0 Å². The quantitative estimate of drug-likeness (QED) is 0.456. The number of rotatable bonds is 12. The van der Waals surface area contributed by atoms with Crippen LogP contribution in [0.25, 0.3) is 0 Å². The average Bonchev–Trinajstić information content (AvgIpc) is 2.50. The van der Waals surface area contributed by atoms with Crippen LogP contribution in [0.3, 0.4) is 0 Å². The second-order valence-electron chi connectivity index (χ2n) is 7.89. The molecule has 2 nitrogen and oxygen atoms in total. The van der Waals surface area contributed by atoms with Crippen molar-refractivity contribution < 1.29 is 9.84 Å². The van der Waals surface area contributed by atoms with Crippen LogP contribution in [-0.4, -0.2) is 11.7 Å². The Morgan fingerprint density at radius 3 is 1.83 bits per heavy atom. The van der Waals surface area contributed by atoms with E-state index in [4.69, 9.17) is 4.74 Å². The van der Waals surface area contributed by atoms with E-state index in [2.05, 4.69) is 46.8 Å². The summed E-state index contributed by atoms with van der Waals surface area (Å²) in [5, 5.41) is 10.7. The summed E-state index contributed by atoms with van der Waals surface area (Å²) in [6.07, 6.45) is 7.65. The van der Waals surface area contributed by atoms with E-state index in [1.54, 1.807) is 0 Å². The molecular weight excluding hydrogens is 296 g/mol. The Hall–Kier alpha value is -1.02. The lowest BCUT2D eigenvalue weighted by Gasteiger charge is -2.15. The van der Waals surface area contributed by atoms with Crippen LogP contribution in [0, 0.1) is 11.8 Å². The molecule has 0 aliphatic carbocycles. The van der Waals surface area contributed by atoms with Gasteiger partial charge in [-0.3, -0.25) is 0 Å². The first-order valence-electron chi connectivity index (χ1n) is 9.85. The van der Waals surface area contributed by atoms with Gasteiger partial charge in [0.15, 0.2) is 0 Å². The number of hydrogen-bond acceptors (Lipinski definition) is 2. The maximum absolute atomic E-state index is 10.7. The molecule has 0 amide bonds. The summed E-state index contributed by atoms with van der Waals surface area (Å²) in [6.45, 7) is 12.6. The predicted molar refractivity (Wildman–Crippen MR) is 104 cm³/mol. The van der Waals surface area contributed by atoms with Crippen molar-refractivity contribution in [2.24, 2.45) is 11.8 Å². The molecule has 1 aromatic carbocycles. The highest BCUT2D eigenvalue weighted by molar-refractivity contribution is 5.44. The van der Waals surface area contributed by atoms with E-state index in [-0.39, 0.29) is 0 Å². The lowest BCUT2D eigenvalue weighted by molar-refractivity contribution is 0.121. The summed E-state index contributed by atoms with van der Waals surface area (Å²) in [4.78, 5) is 0. The maximum atomic E-state index is 10.7. The third-order valence-corrected chi connectivity index (χ3v) is 4.40. The van der Waals surface area contributed by atoms with E-state index < -0.39 is 0 Å². The zero-order valence-electron chi connectivity index (χ0n) is 16.5. The number of ether oxygens (including phenoxy) is 1. The Morgan fingerprint density at radius 1 is 0.917 bits per heavy atom. The number of aryl methyl sites for hydroxylation is 2. The number of phenols is 1. The van der Waals surface area contributed by atoms with Gasteiger partial charge in [0.05, 0.1) is 6.61 Å². The molecule has 0 spiro atoms. The van der Waals surface area contributed by atoms with Crippen LogP contribution < -0.4 is 0 Å². The Balaban J connectivity index is 2.82. The fraction of sp³-hybridized carbons (Fsp3) is 0.727. The molecule has 0 saturated carbocycles. The van der Waals surface area contributed by atoms with E-state index in [1.807, 2.05) is 0 Å². The third-order valence-electron chi connectivity index (χ3n) is 4.40. The molecule has 24 heavy (non-hydrogen) atoms. The predicted octanol–water partition coefficient (Wildman–Crippen LogP) is 6.28. The first-order chi connectivity index (χ1) is 11.4. The highest BCUT2D eigenvalue weighted by Crippen LogP contribution is 2.29. The minimum absolute atomic E-state index is 0.529. The second kappa shape index (κ2) is 11.5. The van der Waals surface area contributed by atoms with Gasteiger partial charge in [-0.2, -0.15) is 0 Å². The minimum atomic E-state index is 0.529. The van der Waals surface area contributed by atoms with E-state index in [0.717, 1.165) is 49.8 Å². The normalized spacial score (nSPS) is 11.6. The first-order valence-corrected chi connectivity index (χ1v) is 9.85. The molecule has 0 unspecified atom stereocenters. The average molecular weight is 335 g/mol. The van der Waals surface area contributed by atoms with Crippen molar-refractivity contribution in [1.29, 1.82) is 0 Å². The number of benzene rings is 1. The molecule has 0 aliphatic heterocycles. The van der Waals surface area contributed by atoms with Gasteiger partial charge in [-0.15, -0.1) is 0 Å². The van der Waals surface area contributed by atoms with Crippen molar-refractivity contribution in [3.8, 4) is 5.75 Å². The largest absolute Gasteiger partial charge is 0.507 e. The van der Waals surface area contributed by atoms with E-state index in [1.165, 1.54) is 18.4 Å². The van der Waals surface area contributed by atoms with Crippen molar-refractivity contribution in [3.63, 3.8) is 0 Å². The Kier molecular flexibility index (Phi) is 10.1. The van der Waals surface area contributed by atoms with Crippen molar-refractivity contribution in [2.45, 2.75) is 86.2 Å². The molecule has 1 aromatic rings. The van der Waals surface area contributed by atoms with Gasteiger partial charge in [-0.05, 0) is 72.8 Å². The van der Waals surface area contributed by atoms with Gasteiger partial charge in [0.2, 0.25) is 0 Å². The van der Waals surface area contributed by atoms with Crippen LogP contribution in [0.15, 0.2) is 12.1 Å². The Labute approximate surface area is 149 Å². The summed E-state index contributed by atoms with van der Waals surface area (Å²) < 4.78 is 5.72. The number of hydrogen-bond donors (Lipinski definition) is 1. The molecule has 0 radical (unpaired) electrons. The summed E-state index contributed by atoms with van der Waals surface area (Å²) >= 11 is 0. The maximum Gasteiger partial charge on any atom is 0.121 e. The molecular formula is C22H38O2. The molecule has 0 fully saturated rings. The smallest absolute Gasteiger partial charge is 0.121 e. The Bertz CT molecular complexity index is 428. The molecule has 2 heteroatoms. The standard InChI is InChI=1S/C22H38O2/c1-6-13-24-16-19-14-20(11-7-9-17(2)3)22(23)21(15-19)12-8-10-18(4)5/h14-15,17-18,23H,6-13,16H2,1-5H3. The highest BCUT2D eigenvalue weighted by atomic mass is 16.5. The zero-order chi connectivity index (χ0) is 17.9. The molecule has 0 atom stereocenters. The van der Waals surface area contributed by atoms with Crippen LogP contribution in [-0.2, 0) is 24.2 Å². The third kappa shape index (κ3) is 8.19. The minimum Gasteiger partial charge on any atom is -0.507 e. The van der Waals surface area contributed by atoms with E-state index in [0.29, 0.717) is 24.2 Å². The fourth-order valence-electron chi connectivity index (χ4n) is 3.03. The number of phenolic OH excluding ortho intramolecular Hbond substituents is 1. The summed E-state index contributed by atoms with van der Waals surface area (Å²) in [5.74, 6) is 1.96. The first kappa shape index (κ1) is 21.0. The van der Waals surface area contributed by atoms with Crippen LogP contribution in [0.1, 0.15) is 83.4 Å². The molecule has 0 saturated heterocycles. The molecule has 1 rings (SSSR count). The van der Waals surface area contributed by atoms with Gasteiger partial charge in [0, 0.05) is 6.61 Å². The lowest BCUT2D eigenvalue weighted by atomic mass is 9.95. The van der Waals surface area contributed by atoms with Crippen LogP contribution in [0.4, 0.5) is 0 Å². The van der Waals surface area contributed by atoms with Crippen LogP contribution >= 0.6 is 0 Å². The van der Waals surface area contributed by atoms with E-state index in [9.17, 15) is 5.11 Å². The van der Waals surface area contributed by atoms with Crippen molar-refractivity contribution in [3.05, 3.63) is 28.8 Å². The van der Waals surface area contributed by atoms with Crippen molar-refractivity contribution >= 4 is 0 Å². The van der Waals surface area contributed by atoms with Gasteiger partial charge in [-0.1, -0.05) is 47.5 Å². The summed E-state index contributed by atoms with van der Waals surface area (Å²) in [7, 11) is 0. The van der Waals surface area contributed by atoms with Gasteiger partial charge < -0.3 is 9.84 Å². The highest BCUT2D eigenvalue weighted by Gasteiger charge is 2.11. The molecule has 138 valence electrons. The second-order valence-corrected chi connectivity index (χ2v) is 7.89. The van der Waals surface area contributed by atoms with Gasteiger partial charge in [0.25, 0.3) is 0 Å². The fourth-order valence-corrected chi connectivity index (χ4v) is 3.03. The topological polar surface area (TPSA) is 29.5 Å². The van der Waals surface area contributed by atoms with E-state index >= 15 is 0 Å². The van der Waals surface area contributed by atoms with Gasteiger partial charge in [-0.25, -0.2) is 0 Å². The SMILES string of the molecule is CCCOCc1cc(CCCC(C)C)c(O)c(CCCC(C)C)c1. The Morgan fingerprint density at radius 2 is 1.42 bits per heavy atom. The lowest BCUT2D eigenvalue weighted by Crippen LogP contribution is -2.01. The van der Waals surface area contributed by atoms with Gasteiger partial charge >= 0.3 is 0 Å². The molecule has 0 aliphatic rings. The van der Waals surface area contributed by atoms with Crippen molar-refractivity contribution in [1.82, 2.24) is 0 Å². The number of aromatic hydroxyl groups is 1. The summed E-state index contributed by atoms with van der Waals surface area (Å²) in [5.41, 5.74) is 3.42. The molecule has 0 bridgehead atoms. The molecule has 0 heterocycles. The zero-order valence-corrected chi connectivity index (χ0v) is 16.5. The van der Waals surface area contributed by atoms with Crippen LogP contribution in [0.5, 0.6) is 5.75 Å². The molecule has 1 N–H and O–H groups in total. The molecule has 0 aromatic heterocycles. The van der Waals surface area contributed by atoms with Crippen molar-refractivity contribution in [2.75, 3.05) is 6.61 Å². The monoisotopic (exact) mass is 334 g/mol. The van der Waals surface area contributed by atoms with Gasteiger partial charge in [0.1, 0.15) is 5.75 Å².